The van der Waals surface area contributed by atoms with Gasteiger partial charge in [0.25, 0.3) is 0 Å². The fourth-order valence-electron chi connectivity index (χ4n) is 3.17. The second-order valence-electron chi connectivity index (χ2n) is 6.14. The van der Waals surface area contributed by atoms with Crippen molar-refractivity contribution in [1.29, 1.82) is 0 Å². The molecule has 0 saturated carbocycles. The van der Waals surface area contributed by atoms with E-state index in [1.807, 2.05) is 50.1 Å². The first-order chi connectivity index (χ1) is 12.9. The maximum Gasteiger partial charge on any atom is 0.351 e. The zero-order valence-corrected chi connectivity index (χ0v) is 16.0. The van der Waals surface area contributed by atoms with Crippen molar-refractivity contribution in [2.75, 3.05) is 7.11 Å². The minimum atomic E-state index is -1.05. The number of carboxylic acid groups (broad SMARTS) is 1. The van der Waals surface area contributed by atoms with Gasteiger partial charge in [0.05, 0.1) is 24.5 Å². The molecule has 0 atom stereocenters. The summed E-state index contributed by atoms with van der Waals surface area (Å²) in [5, 5.41) is 18.8. The maximum atomic E-state index is 11.4. The largest absolute Gasteiger partial charge is 0.480 e. The molecule has 4 heterocycles. The number of aromatic nitrogens is 5. The van der Waals surface area contributed by atoms with Gasteiger partial charge in [0, 0.05) is 35.6 Å². The van der Waals surface area contributed by atoms with Gasteiger partial charge in [0.15, 0.2) is 4.88 Å². The van der Waals surface area contributed by atoms with Crippen LogP contribution in [0.4, 0.5) is 0 Å². The molecule has 4 rings (SSSR count). The number of fused-ring (bicyclic) bond motifs is 1. The van der Waals surface area contributed by atoms with Crippen LogP contribution in [0.15, 0.2) is 24.5 Å². The molecule has 4 aromatic rings. The van der Waals surface area contributed by atoms with Crippen LogP contribution in [0, 0.1) is 13.8 Å². The Balaban J connectivity index is 1.89. The number of ether oxygens (including phenoxy) is 1. The Hall–Kier alpha value is -3.20. The van der Waals surface area contributed by atoms with Crippen LogP contribution in [0.5, 0.6) is 5.88 Å². The van der Waals surface area contributed by atoms with Gasteiger partial charge in [-0.3, -0.25) is 4.68 Å². The van der Waals surface area contributed by atoms with Crippen LogP contribution in [-0.4, -0.2) is 42.6 Å². The van der Waals surface area contributed by atoms with Crippen LogP contribution >= 0.6 is 11.3 Å². The molecule has 9 heteroatoms. The van der Waals surface area contributed by atoms with Crippen LogP contribution in [0.2, 0.25) is 0 Å². The molecule has 0 radical (unpaired) electrons. The van der Waals surface area contributed by atoms with Gasteiger partial charge in [-0.05, 0) is 26.0 Å². The van der Waals surface area contributed by atoms with Crippen molar-refractivity contribution in [1.82, 2.24) is 24.4 Å². The van der Waals surface area contributed by atoms with Gasteiger partial charge in [-0.15, -0.1) is 11.3 Å². The Bertz CT molecular complexity index is 1190. The number of rotatable bonds is 4. The SMILES string of the molecule is COc1nc(-c2ccn3ncc(-c4c(C)nn(C)c4C)c3c2)sc1C(=O)O. The molecule has 0 saturated heterocycles. The highest BCUT2D eigenvalue weighted by Gasteiger charge is 2.21. The first-order valence-corrected chi connectivity index (χ1v) is 8.98. The van der Waals surface area contributed by atoms with E-state index in [0.29, 0.717) is 5.01 Å². The highest BCUT2D eigenvalue weighted by atomic mass is 32.1. The van der Waals surface area contributed by atoms with Crippen molar-refractivity contribution in [2.24, 2.45) is 7.05 Å². The van der Waals surface area contributed by atoms with E-state index >= 15 is 0 Å². The number of nitrogens with zero attached hydrogens (tertiary/aromatic N) is 5. The second kappa shape index (κ2) is 6.20. The molecule has 0 bridgehead atoms. The summed E-state index contributed by atoms with van der Waals surface area (Å²) in [6.45, 7) is 3.99. The summed E-state index contributed by atoms with van der Waals surface area (Å²) in [4.78, 5) is 15.8. The average Bonchev–Trinajstić information content (AvgIpc) is 3.31. The third kappa shape index (κ3) is 2.67. The van der Waals surface area contributed by atoms with Crippen molar-refractivity contribution in [3.05, 3.63) is 40.8 Å². The molecule has 0 aliphatic heterocycles. The Labute approximate surface area is 158 Å². The summed E-state index contributed by atoms with van der Waals surface area (Å²) in [5.74, 6) is -0.932. The molecule has 0 amide bonds. The molecular weight excluding hydrogens is 366 g/mol. The van der Waals surface area contributed by atoms with Crippen molar-refractivity contribution in [2.45, 2.75) is 13.8 Å². The highest BCUT2D eigenvalue weighted by molar-refractivity contribution is 7.17. The minimum Gasteiger partial charge on any atom is -0.480 e. The van der Waals surface area contributed by atoms with Crippen LogP contribution in [-0.2, 0) is 7.05 Å². The van der Waals surface area contributed by atoms with Crippen molar-refractivity contribution in [3.63, 3.8) is 0 Å². The minimum absolute atomic E-state index is 0.0834. The van der Waals surface area contributed by atoms with E-state index < -0.39 is 5.97 Å². The van der Waals surface area contributed by atoms with E-state index in [9.17, 15) is 9.90 Å². The number of pyridine rings is 1. The topological polar surface area (TPSA) is 94.5 Å². The quantitative estimate of drug-likeness (QED) is 0.582. The fraction of sp³-hybridized carbons (Fsp3) is 0.222. The predicted molar refractivity (Wildman–Crippen MR) is 101 cm³/mol. The van der Waals surface area contributed by atoms with Crippen molar-refractivity contribution >= 4 is 22.8 Å². The molecule has 0 aliphatic carbocycles. The lowest BCUT2D eigenvalue weighted by atomic mass is 10.0. The van der Waals surface area contributed by atoms with E-state index in [-0.39, 0.29) is 10.8 Å². The first kappa shape index (κ1) is 17.2. The molecule has 4 aromatic heterocycles. The smallest absolute Gasteiger partial charge is 0.351 e. The van der Waals surface area contributed by atoms with E-state index in [1.54, 1.807) is 4.52 Å². The molecule has 27 heavy (non-hydrogen) atoms. The van der Waals surface area contributed by atoms with Gasteiger partial charge in [0.2, 0.25) is 5.88 Å². The second-order valence-corrected chi connectivity index (χ2v) is 7.13. The lowest BCUT2D eigenvalue weighted by Crippen LogP contribution is -1.95. The Kier molecular flexibility index (Phi) is 3.96. The summed E-state index contributed by atoms with van der Waals surface area (Å²) in [6.07, 6.45) is 3.66. The molecular formula is C18H17N5O3S. The number of thiazole rings is 1. The van der Waals surface area contributed by atoms with Crippen LogP contribution < -0.4 is 4.74 Å². The third-order valence-electron chi connectivity index (χ3n) is 4.53. The molecule has 0 aliphatic rings. The van der Waals surface area contributed by atoms with Gasteiger partial charge >= 0.3 is 5.97 Å². The monoisotopic (exact) mass is 383 g/mol. The Morgan fingerprint density at radius 1 is 1.33 bits per heavy atom. The molecule has 0 spiro atoms. The van der Waals surface area contributed by atoms with Crippen molar-refractivity contribution < 1.29 is 14.6 Å². The standard InChI is InChI=1S/C18H17N5O3S/c1-9-14(10(2)22(3)21-9)12-8-19-23-6-5-11(7-13(12)23)17-20-16(26-4)15(27-17)18(24)25/h5-8H,1-4H3,(H,24,25). The summed E-state index contributed by atoms with van der Waals surface area (Å²) in [5.41, 5.74) is 5.71. The van der Waals surface area contributed by atoms with E-state index in [4.69, 9.17) is 4.74 Å². The number of carboxylic acids is 1. The summed E-state index contributed by atoms with van der Waals surface area (Å²) in [7, 11) is 3.33. The Morgan fingerprint density at radius 2 is 2.11 bits per heavy atom. The zero-order chi connectivity index (χ0) is 19.3. The number of aryl methyl sites for hydroxylation is 2. The molecule has 138 valence electrons. The van der Waals surface area contributed by atoms with Crippen LogP contribution in [0.25, 0.3) is 27.2 Å². The number of methoxy groups -OCH3 is 1. The van der Waals surface area contributed by atoms with Gasteiger partial charge < -0.3 is 9.84 Å². The molecule has 0 aromatic carbocycles. The molecule has 0 unspecified atom stereocenters. The summed E-state index contributed by atoms with van der Waals surface area (Å²) in [6, 6.07) is 3.81. The van der Waals surface area contributed by atoms with Gasteiger partial charge in [0.1, 0.15) is 5.01 Å². The van der Waals surface area contributed by atoms with Gasteiger partial charge in [-0.25, -0.2) is 14.3 Å². The van der Waals surface area contributed by atoms with E-state index in [2.05, 4.69) is 15.2 Å². The van der Waals surface area contributed by atoms with E-state index in [1.165, 1.54) is 7.11 Å². The molecule has 1 N–H and O–H groups in total. The Morgan fingerprint density at radius 3 is 2.70 bits per heavy atom. The summed E-state index contributed by atoms with van der Waals surface area (Å²) < 4.78 is 8.73. The lowest BCUT2D eigenvalue weighted by Gasteiger charge is -2.03. The first-order valence-electron chi connectivity index (χ1n) is 8.17. The van der Waals surface area contributed by atoms with E-state index in [0.717, 1.165) is 44.9 Å². The third-order valence-corrected chi connectivity index (χ3v) is 5.60. The number of hydrogen-bond acceptors (Lipinski definition) is 6. The van der Waals surface area contributed by atoms with Crippen molar-refractivity contribution in [3.8, 4) is 27.6 Å². The highest BCUT2D eigenvalue weighted by Crippen LogP contribution is 2.35. The lowest BCUT2D eigenvalue weighted by molar-refractivity contribution is 0.0698. The zero-order valence-electron chi connectivity index (χ0n) is 15.2. The summed E-state index contributed by atoms with van der Waals surface area (Å²) >= 11 is 1.09. The number of aromatic carboxylic acids is 1. The fourth-order valence-corrected chi connectivity index (χ4v) is 4.04. The van der Waals surface area contributed by atoms with Gasteiger partial charge in [-0.2, -0.15) is 10.2 Å². The average molecular weight is 383 g/mol. The van der Waals surface area contributed by atoms with Gasteiger partial charge in [-0.1, -0.05) is 0 Å². The molecule has 0 fully saturated rings. The normalized spacial score (nSPS) is 11.3. The molecule has 8 nitrogen and oxygen atoms in total. The maximum absolute atomic E-state index is 11.4. The van der Waals surface area contributed by atoms with Crippen LogP contribution in [0.3, 0.4) is 0 Å². The number of carbonyl (C=O) groups is 1. The predicted octanol–water partition coefficient (Wildman–Crippen LogP) is 3.18. The van der Waals surface area contributed by atoms with Crippen LogP contribution in [0.1, 0.15) is 21.1 Å². The number of hydrogen-bond donors (Lipinski definition) is 1.